The molecular weight excluding hydrogens is 560 g/mol. The number of aromatic nitrogens is 1. The highest BCUT2D eigenvalue weighted by Crippen LogP contribution is 2.38. The topological polar surface area (TPSA) is 97.5 Å². The molecule has 210 valence electrons. The highest BCUT2D eigenvalue weighted by Gasteiger charge is 2.35. The number of non-ortho nitro benzene ring substituents is 1. The van der Waals surface area contributed by atoms with Crippen LogP contribution in [0.15, 0.2) is 121 Å². The average Bonchev–Trinajstić information content (AvgIpc) is 3.39. The maximum atomic E-state index is 13.9. The summed E-state index contributed by atoms with van der Waals surface area (Å²) < 4.78 is 1.98. The van der Waals surface area contributed by atoms with Crippen molar-refractivity contribution in [2.45, 2.75) is 6.92 Å². The molecule has 0 bridgehead atoms. The van der Waals surface area contributed by atoms with Crippen molar-refractivity contribution in [3.05, 3.63) is 142 Å². The minimum absolute atomic E-state index is 0.00876. The number of nitrogens with one attached hydrogen (secondary N) is 1. The molecule has 1 saturated heterocycles. The number of thiocarbonyl (C=S) groups is 1. The number of rotatable bonds is 6. The maximum absolute atomic E-state index is 13.9. The molecule has 43 heavy (non-hydrogen) atoms. The predicted molar refractivity (Wildman–Crippen MR) is 171 cm³/mol. The Hall–Kier alpha value is -5.67. The molecule has 0 saturated carbocycles. The van der Waals surface area contributed by atoms with Gasteiger partial charge in [0, 0.05) is 23.4 Å². The molecular formula is C34H24N4O4S. The highest BCUT2D eigenvalue weighted by atomic mass is 32.1. The summed E-state index contributed by atoms with van der Waals surface area (Å²) in [7, 11) is 0. The smallest absolute Gasteiger partial charge is 0.270 e. The molecule has 2 amide bonds. The van der Waals surface area contributed by atoms with Crippen LogP contribution in [-0.4, -0.2) is 26.4 Å². The van der Waals surface area contributed by atoms with Gasteiger partial charge in [0.2, 0.25) is 0 Å². The number of amides is 2. The van der Waals surface area contributed by atoms with E-state index in [1.807, 2.05) is 96.4 Å². The van der Waals surface area contributed by atoms with E-state index >= 15 is 0 Å². The van der Waals surface area contributed by atoms with Crippen LogP contribution in [0.25, 0.3) is 34.3 Å². The molecule has 8 nitrogen and oxygen atoms in total. The second-order valence-corrected chi connectivity index (χ2v) is 10.4. The number of nitro groups is 1. The van der Waals surface area contributed by atoms with E-state index in [1.165, 1.54) is 17.0 Å². The van der Waals surface area contributed by atoms with Gasteiger partial charge in [-0.25, -0.2) is 0 Å². The van der Waals surface area contributed by atoms with Crippen molar-refractivity contribution in [3.63, 3.8) is 0 Å². The van der Waals surface area contributed by atoms with E-state index in [1.54, 1.807) is 24.3 Å². The van der Waals surface area contributed by atoms with Gasteiger partial charge in [-0.3, -0.25) is 29.9 Å². The highest BCUT2D eigenvalue weighted by molar-refractivity contribution is 7.80. The van der Waals surface area contributed by atoms with Crippen LogP contribution >= 0.6 is 12.2 Å². The number of aryl methyl sites for hydroxylation is 1. The fourth-order valence-corrected chi connectivity index (χ4v) is 5.44. The van der Waals surface area contributed by atoms with Gasteiger partial charge in [-0.05, 0) is 72.2 Å². The number of carbonyl (C=O) groups is 2. The van der Waals surface area contributed by atoms with Crippen LogP contribution in [0.1, 0.15) is 11.1 Å². The molecule has 0 atom stereocenters. The summed E-state index contributed by atoms with van der Waals surface area (Å²) in [6, 6.07) is 34.8. The third-order valence-electron chi connectivity index (χ3n) is 7.13. The number of benzene rings is 4. The standard InChI is InChI=1S/C34H24N4O4S/c1-22-9-8-14-28(19-22)37-33(40)29(32(39)35-34(37)43)20-25-21-30(23-10-4-2-5-11-23)36(31(25)24-12-6-3-7-13-24)26-15-17-27(18-16-26)38(41)42/h2-21H,1H3,(H,35,39,43)/b29-20+. The first kappa shape index (κ1) is 27.5. The van der Waals surface area contributed by atoms with E-state index in [9.17, 15) is 19.7 Å². The first-order valence-electron chi connectivity index (χ1n) is 13.4. The summed E-state index contributed by atoms with van der Waals surface area (Å²) in [6.07, 6.45) is 1.58. The zero-order chi connectivity index (χ0) is 30.1. The van der Waals surface area contributed by atoms with Gasteiger partial charge in [0.1, 0.15) is 5.57 Å². The van der Waals surface area contributed by atoms with Gasteiger partial charge >= 0.3 is 0 Å². The van der Waals surface area contributed by atoms with Gasteiger partial charge in [-0.15, -0.1) is 0 Å². The molecule has 6 rings (SSSR count). The lowest BCUT2D eigenvalue weighted by Gasteiger charge is -2.29. The number of carbonyl (C=O) groups excluding carboxylic acids is 2. The van der Waals surface area contributed by atoms with Gasteiger partial charge in [-0.2, -0.15) is 0 Å². The first-order chi connectivity index (χ1) is 20.8. The maximum Gasteiger partial charge on any atom is 0.270 e. The average molecular weight is 585 g/mol. The van der Waals surface area contributed by atoms with Crippen LogP contribution in [0.3, 0.4) is 0 Å². The van der Waals surface area contributed by atoms with Gasteiger partial charge in [0.05, 0.1) is 22.0 Å². The lowest BCUT2D eigenvalue weighted by molar-refractivity contribution is -0.384. The minimum atomic E-state index is -0.595. The minimum Gasteiger partial charge on any atom is -0.309 e. The van der Waals surface area contributed by atoms with Crippen molar-refractivity contribution >= 4 is 46.6 Å². The second kappa shape index (κ2) is 11.3. The molecule has 1 aliphatic heterocycles. The summed E-state index contributed by atoms with van der Waals surface area (Å²) in [4.78, 5) is 39.4. The van der Waals surface area contributed by atoms with Gasteiger partial charge in [-0.1, -0.05) is 72.8 Å². The van der Waals surface area contributed by atoms with Crippen LogP contribution in [0, 0.1) is 17.0 Å². The van der Waals surface area contributed by atoms with Crippen molar-refractivity contribution in [2.24, 2.45) is 0 Å². The molecule has 1 N–H and O–H groups in total. The Morgan fingerprint density at radius 3 is 2.07 bits per heavy atom. The molecule has 1 aliphatic rings. The predicted octanol–water partition coefficient (Wildman–Crippen LogP) is 6.86. The van der Waals surface area contributed by atoms with Crippen LogP contribution in [0.2, 0.25) is 0 Å². The van der Waals surface area contributed by atoms with Crippen molar-refractivity contribution < 1.29 is 14.5 Å². The van der Waals surface area contributed by atoms with Crippen molar-refractivity contribution in [3.8, 4) is 28.2 Å². The summed E-state index contributed by atoms with van der Waals surface area (Å²) in [5, 5.41) is 14.1. The largest absolute Gasteiger partial charge is 0.309 e. The molecule has 2 heterocycles. The molecule has 0 spiro atoms. The Labute approximate surface area is 252 Å². The van der Waals surface area contributed by atoms with E-state index in [-0.39, 0.29) is 16.4 Å². The van der Waals surface area contributed by atoms with E-state index in [2.05, 4.69) is 5.32 Å². The Balaban J connectivity index is 1.60. The number of hydrogen-bond donors (Lipinski definition) is 1. The molecule has 5 aromatic rings. The number of anilines is 1. The molecule has 1 aromatic heterocycles. The van der Waals surface area contributed by atoms with Crippen molar-refractivity contribution in [1.82, 2.24) is 9.88 Å². The molecule has 0 aliphatic carbocycles. The Morgan fingerprint density at radius 2 is 1.44 bits per heavy atom. The zero-order valence-electron chi connectivity index (χ0n) is 22.9. The lowest BCUT2D eigenvalue weighted by atomic mass is 10.0. The van der Waals surface area contributed by atoms with Crippen molar-refractivity contribution in [1.29, 1.82) is 0 Å². The first-order valence-corrected chi connectivity index (χ1v) is 13.8. The molecule has 9 heteroatoms. The third-order valence-corrected chi connectivity index (χ3v) is 7.41. The fourth-order valence-electron chi connectivity index (χ4n) is 5.16. The zero-order valence-corrected chi connectivity index (χ0v) is 23.7. The second-order valence-electron chi connectivity index (χ2n) is 9.97. The van der Waals surface area contributed by atoms with E-state index in [0.717, 1.165) is 22.4 Å². The summed E-state index contributed by atoms with van der Waals surface area (Å²) >= 11 is 5.40. The number of hydrogen-bond acceptors (Lipinski definition) is 5. The van der Waals surface area contributed by atoms with Crippen LogP contribution < -0.4 is 10.2 Å². The molecule has 0 unspecified atom stereocenters. The molecule has 4 aromatic carbocycles. The number of nitro benzene ring substituents is 1. The monoisotopic (exact) mass is 584 g/mol. The van der Waals surface area contributed by atoms with E-state index in [4.69, 9.17) is 12.2 Å². The quantitative estimate of drug-likeness (QED) is 0.0773. The summed E-state index contributed by atoms with van der Waals surface area (Å²) in [5.74, 6) is -1.13. The van der Waals surface area contributed by atoms with Crippen LogP contribution in [0.5, 0.6) is 0 Å². The molecule has 0 radical (unpaired) electrons. The Kier molecular flexibility index (Phi) is 7.23. The van der Waals surface area contributed by atoms with Crippen molar-refractivity contribution in [2.75, 3.05) is 4.90 Å². The SMILES string of the molecule is Cc1cccc(N2C(=O)/C(=C/c3cc(-c4ccccc4)n(-c4ccc([N+](=O)[O-])cc4)c3-c3ccccc3)C(=O)NC2=S)c1. The van der Waals surface area contributed by atoms with E-state index < -0.39 is 16.7 Å². The number of nitrogens with zero attached hydrogens (tertiary/aromatic N) is 3. The van der Waals surface area contributed by atoms with Crippen LogP contribution in [0.4, 0.5) is 11.4 Å². The van der Waals surface area contributed by atoms with Gasteiger partial charge < -0.3 is 4.57 Å². The summed E-state index contributed by atoms with van der Waals surface area (Å²) in [5.41, 5.74) is 5.85. The lowest BCUT2D eigenvalue weighted by Crippen LogP contribution is -2.54. The fraction of sp³-hybridized carbons (Fsp3) is 0.0294. The van der Waals surface area contributed by atoms with Gasteiger partial charge in [0.25, 0.3) is 17.5 Å². The molecule has 1 fully saturated rings. The third kappa shape index (κ3) is 5.25. The normalized spacial score (nSPS) is 14.2. The van der Waals surface area contributed by atoms with Gasteiger partial charge in [0.15, 0.2) is 5.11 Å². The van der Waals surface area contributed by atoms with E-state index in [0.29, 0.717) is 22.6 Å². The Morgan fingerprint density at radius 1 is 0.791 bits per heavy atom. The summed E-state index contributed by atoms with van der Waals surface area (Å²) in [6.45, 7) is 1.91. The van der Waals surface area contributed by atoms with Crippen LogP contribution in [-0.2, 0) is 9.59 Å². The Bertz CT molecular complexity index is 1930.